The first-order valence-electron chi connectivity index (χ1n) is 9.25. The van der Waals surface area contributed by atoms with E-state index < -0.39 is 0 Å². The summed E-state index contributed by atoms with van der Waals surface area (Å²) in [5.41, 5.74) is 5.92. The van der Waals surface area contributed by atoms with Crippen molar-refractivity contribution in [3.63, 3.8) is 0 Å². The molecule has 0 aliphatic heterocycles. The minimum absolute atomic E-state index is 0.157. The number of carbonyl (C=O) groups is 1. The first kappa shape index (κ1) is 17.9. The molecule has 0 spiro atoms. The van der Waals surface area contributed by atoms with Crippen LogP contribution in [-0.2, 0) is 12.8 Å². The lowest BCUT2D eigenvalue weighted by Gasteiger charge is -2.18. The average Bonchev–Trinajstić information content (AvgIpc) is 3.01. The summed E-state index contributed by atoms with van der Waals surface area (Å²) in [4.78, 5) is 16.4. The molecule has 0 radical (unpaired) electrons. The Labute approximate surface area is 163 Å². The highest BCUT2D eigenvalue weighted by atomic mass is 35.5. The minimum atomic E-state index is -0.157. The highest BCUT2D eigenvalue weighted by Crippen LogP contribution is 2.33. The van der Waals surface area contributed by atoms with Gasteiger partial charge in [0.2, 0.25) is 0 Å². The third-order valence-corrected chi connectivity index (χ3v) is 5.83. The maximum Gasteiger partial charge on any atom is 0.255 e. The fourth-order valence-electron chi connectivity index (χ4n) is 3.86. The third-order valence-electron chi connectivity index (χ3n) is 5.43. The van der Waals surface area contributed by atoms with Gasteiger partial charge in [0.15, 0.2) is 0 Å². The van der Waals surface area contributed by atoms with Crippen LogP contribution >= 0.6 is 11.6 Å². The molecule has 0 saturated heterocycles. The zero-order valence-electron chi connectivity index (χ0n) is 15.8. The molecule has 2 N–H and O–H groups in total. The summed E-state index contributed by atoms with van der Waals surface area (Å²) >= 11 is 6.15. The van der Waals surface area contributed by atoms with Gasteiger partial charge in [0, 0.05) is 33.2 Å². The Hall–Kier alpha value is -2.46. The largest absolute Gasteiger partial charge is 0.495 e. The number of halogens is 1. The van der Waals surface area contributed by atoms with E-state index in [1.54, 1.807) is 13.2 Å². The molecule has 3 aromatic rings. The fourth-order valence-corrected chi connectivity index (χ4v) is 4.01. The lowest BCUT2D eigenvalue weighted by molar-refractivity contribution is 0.102. The molecule has 5 heteroatoms. The van der Waals surface area contributed by atoms with Gasteiger partial charge in [-0.25, -0.2) is 0 Å². The maximum absolute atomic E-state index is 12.9. The summed E-state index contributed by atoms with van der Waals surface area (Å²) in [6.45, 7) is 4.18. The van der Waals surface area contributed by atoms with Gasteiger partial charge in [-0.1, -0.05) is 18.5 Å². The van der Waals surface area contributed by atoms with Crippen molar-refractivity contribution < 1.29 is 9.53 Å². The van der Waals surface area contributed by atoms with Crippen LogP contribution in [-0.4, -0.2) is 18.0 Å². The molecule has 4 rings (SSSR count). The number of carbonyl (C=O) groups excluding carboxylic acids is 1. The number of rotatable bonds is 3. The van der Waals surface area contributed by atoms with Gasteiger partial charge >= 0.3 is 0 Å². The number of aryl methyl sites for hydroxylation is 2. The molecule has 1 heterocycles. The molecule has 0 fully saturated rings. The van der Waals surface area contributed by atoms with Crippen LogP contribution in [0.1, 0.15) is 40.5 Å². The average molecular weight is 383 g/mol. The Balaban J connectivity index is 1.67. The zero-order chi connectivity index (χ0) is 19.1. The number of H-pyrrole nitrogens is 1. The number of ether oxygens (including phenoxy) is 1. The maximum atomic E-state index is 12.9. The molecule has 0 bridgehead atoms. The predicted molar refractivity (Wildman–Crippen MR) is 110 cm³/mol. The van der Waals surface area contributed by atoms with Crippen LogP contribution in [0, 0.1) is 12.8 Å². The van der Waals surface area contributed by atoms with E-state index in [9.17, 15) is 4.79 Å². The molecule has 140 valence electrons. The Morgan fingerprint density at radius 3 is 2.89 bits per heavy atom. The second-order valence-electron chi connectivity index (χ2n) is 7.45. The molecule has 1 aliphatic carbocycles. The van der Waals surface area contributed by atoms with E-state index in [1.807, 2.05) is 31.2 Å². The summed E-state index contributed by atoms with van der Waals surface area (Å²) < 4.78 is 5.36. The number of amides is 1. The van der Waals surface area contributed by atoms with Crippen molar-refractivity contribution in [2.45, 2.75) is 33.1 Å². The first-order chi connectivity index (χ1) is 13.0. The molecular weight excluding hydrogens is 360 g/mol. The molecular formula is C22H23ClN2O2. The number of anilines is 1. The van der Waals surface area contributed by atoms with Crippen molar-refractivity contribution in [1.82, 2.24) is 4.98 Å². The summed E-state index contributed by atoms with van der Waals surface area (Å²) in [7, 11) is 1.57. The topological polar surface area (TPSA) is 54.1 Å². The molecule has 2 aromatic carbocycles. The van der Waals surface area contributed by atoms with Crippen LogP contribution in [0.3, 0.4) is 0 Å². The van der Waals surface area contributed by atoms with Gasteiger partial charge in [-0.2, -0.15) is 0 Å². The van der Waals surface area contributed by atoms with Crippen LogP contribution in [0.25, 0.3) is 10.9 Å². The normalized spacial score (nSPS) is 16.2. The summed E-state index contributed by atoms with van der Waals surface area (Å²) in [5, 5.41) is 4.73. The van der Waals surface area contributed by atoms with Crippen LogP contribution < -0.4 is 10.1 Å². The molecule has 1 amide bonds. The van der Waals surface area contributed by atoms with Gasteiger partial charge in [-0.05, 0) is 67.5 Å². The van der Waals surface area contributed by atoms with Crippen molar-refractivity contribution in [3.05, 3.63) is 57.7 Å². The summed E-state index contributed by atoms with van der Waals surface area (Å²) in [6, 6.07) is 9.40. The van der Waals surface area contributed by atoms with Gasteiger partial charge in [-0.3, -0.25) is 4.79 Å². The SMILES string of the molecule is COc1cc(Cl)c(C)cc1NC(=O)c1ccc2[nH]c3c(c2c1)C[C@H](C)CC3. The van der Waals surface area contributed by atoms with Crippen molar-refractivity contribution in [3.8, 4) is 5.75 Å². The van der Waals surface area contributed by atoms with Crippen molar-refractivity contribution in [1.29, 1.82) is 0 Å². The number of hydrogen-bond acceptors (Lipinski definition) is 2. The Morgan fingerprint density at radius 2 is 2.11 bits per heavy atom. The van der Waals surface area contributed by atoms with Gasteiger partial charge in [0.05, 0.1) is 12.8 Å². The molecule has 1 aromatic heterocycles. The first-order valence-corrected chi connectivity index (χ1v) is 9.63. The smallest absolute Gasteiger partial charge is 0.255 e. The summed E-state index contributed by atoms with van der Waals surface area (Å²) in [5.74, 6) is 1.07. The molecule has 0 unspecified atom stereocenters. The van der Waals surface area contributed by atoms with E-state index in [0.29, 0.717) is 27.9 Å². The van der Waals surface area contributed by atoms with E-state index in [4.69, 9.17) is 16.3 Å². The number of benzene rings is 2. The van der Waals surface area contributed by atoms with E-state index in [-0.39, 0.29) is 5.91 Å². The van der Waals surface area contributed by atoms with E-state index in [0.717, 1.165) is 29.3 Å². The highest BCUT2D eigenvalue weighted by molar-refractivity contribution is 6.31. The van der Waals surface area contributed by atoms with Crippen molar-refractivity contribution in [2.75, 3.05) is 12.4 Å². The Kier molecular flexibility index (Phi) is 4.60. The van der Waals surface area contributed by atoms with Crippen LogP contribution in [0.2, 0.25) is 5.02 Å². The highest BCUT2D eigenvalue weighted by Gasteiger charge is 2.21. The molecule has 1 atom stereocenters. The lowest BCUT2D eigenvalue weighted by Crippen LogP contribution is -2.13. The van der Waals surface area contributed by atoms with E-state index in [2.05, 4.69) is 17.2 Å². The second kappa shape index (κ2) is 6.93. The third kappa shape index (κ3) is 3.30. The molecule has 4 nitrogen and oxygen atoms in total. The predicted octanol–water partition coefficient (Wildman–Crippen LogP) is 5.52. The Morgan fingerprint density at radius 1 is 1.30 bits per heavy atom. The second-order valence-corrected chi connectivity index (χ2v) is 7.85. The quantitative estimate of drug-likeness (QED) is 0.627. The van der Waals surface area contributed by atoms with E-state index in [1.165, 1.54) is 17.7 Å². The number of nitrogens with one attached hydrogen (secondary N) is 2. The van der Waals surface area contributed by atoms with Gasteiger partial charge in [0.25, 0.3) is 5.91 Å². The zero-order valence-corrected chi connectivity index (χ0v) is 16.5. The molecule has 27 heavy (non-hydrogen) atoms. The number of aromatic amines is 1. The van der Waals surface area contributed by atoms with Gasteiger partial charge in [-0.15, -0.1) is 0 Å². The fraction of sp³-hybridized carbons (Fsp3) is 0.318. The number of fused-ring (bicyclic) bond motifs is 3. The lowest BCUT2D eigenvalue weighted by atomic mass is 9.87. The standard InChI is InChI=1S/C22H23ClN2O2/c1-12-4-6-18-15(8-12)16-10-14(5-7-19(16)24-18)22(26)25-20-9-13(2)17(23)11-21(20)27-3/h5,7,9-12,24H,4,6,8H2,1-3H3,(H,25,26)/t12-/m1/s1. The van der Waals surface area contributed by atoms with Crippen LogP contribution in [0.4, 0.5) is 5.69 Å². The van der Waals surface area contributed by atoms with Gasteiger partial charge < -0.3 is 15.0 Å². The Bertz CT molecular complexity index is 1040. The van der Waals surface area contributed by atoms with E-state index >= 15 is 0 Å². The minimum Gasteiger partial charge on any atom is -0.495 e. The molecule has 1 aliphatic rings. The van der Waals surface area contributed by atoms with Crippen LogP contribution in [0.5, 0.6) is 5.75 Å². The number of aromatic nitrogens is 1. The van der Waals surface area contributed by atoms with Crippen LogP contribution in [0.15, 0.2) is 30.3 Å². The summed E-state index contributed by atoms with van der Waals surface area (Å²) in [6.07, 6.45) is 3.35. The van der Waals surface area contributed by atoms with Crippen molar-refractivity contribution >= 4 is 34.1 Å². The molecule has 0 saturated carbocycles. The number of methoxy groups -OCH3 is 1. The van der Waals surface area contributed by atoms with Gasteiger partial charge in [0.1, 0.15) is 5.75 Å². The number of hydrogen-bond donors (Lipinski definition) is 2. The van der Waals surface area contributed by atoms with Crippen molar-refractivity contribution in [2.24, 2.45) is 5.92 Å². The monoisotopic (exact) mass is 382 g/mol.